The molecule has 0 saturated carbocycles. The third kappa shape index (κ3) is 2.37. The van der Waals surface area contributed by atoms with Gasteiger partial charge in [0.1, 0.15) is 23.5 Å². The van der Waals surface area contributed by atoms with E-state index in [1.807, 2.05) is 0 Å². The molecule has 0 amide bonds. The molecule has 5 heteroatoms. The lowest BCUT2D eigenvalue weighted by molar-refractivity contribution is 0.161. The number of halogens is 3. The van der Waals surface area contributed by atoms with Gasteiger partial charge in [0.2, 0.25) is 0 Å². The van der Waals surface area contributed by atoms with Crippen LogP contribution in [-0.2, 0) is 0 Å². The van der Waals surface area contributed by atoms with E-state index in [0.717, 1.165) is 0 Å². The summed E-state index contributed by atoms with van der Waals surface area (Å²) in [6, 6.07) is 8.06. The molecule has 0 radical (unpaired) electrons. The summed E-state index contributed by atoms with van der Waals surface area (Å²) in [5.41, 5.74) is 7.38. The summed E-state index contributed by atoms with van der Waals surface area (Å²) in [7, 11) is 0. The molecule has 1 heterocycles. The summed E-state index contributed by atoms with van der Waals surface area (Å²) < 4.78 is 32.1. The predicted molar refractivity (Wildman–Crippen MR) is 72.7 cm³/mol. The number of fused-ring (bicyclic) bond motifs is 1. The van der Waals surface area contributed by atoms with Crippen molar-refractivity contribution in [3.8, 4) is 5.75 Å². The SMILES string of the molecule is NC1CC(c2ccc(F)cc2Cl)Oc2ccc(F)cc21. The first-order chi connectivity index (χ1) is 9.54. The Morgan fingerprint density at radius 2 is 1.75 bits per heavy atom. The van der Waals surface area contributed by atoms with Crippen molar-refractivity contribution in [2.45, 2.75) is 18.6 Å². The van der Waals surface area contributed by atoms with Crippen LogP contribution in [0.1, 0.15) is 29.7 Å². The first kappa shape index (κ1) is 13.3. The molecule has 0 fully saturated rings. The quantitative estimate of drug-likeness (QED) is 0.858. The van der Waals surface area contributed by atoms with Crippen molar-refractivity contribution in [3.63, 3.8) is 0 Å². The number of hydrogen-bond acceptors (Lipinski definition) is 2. The van der Waals surface area contributed by atoms with Gasteiger partial charge in [0, 0.05) is 23.6 Å². The van der Waals surface area contributed by atoms with Crippen molar-refractivity contribution >= 4 is 11.6 Å². The maximum absolute atomic E-state index is 13.2. The monoisotopic (exact) mass is 295 g/mol. The Labute approximate surface area is 120 Å². The second-order valence-corrected chi connectivity index (χ2v) is 5.20. The smallest absolute Gasteiger partial charge is 0.127 e. The van der Waals surface area contributed by atoms with Crippen LogP contribution in [0.3, 0.4) is 0 Å². The minimum atomic E-state index is -0.402. The van der Waals surface area contributed by atoms with Crippen LogP contribution in [0, 0.1) is 11.6 Å². The van der Waals surface area contributed by atoms with Crippen molar-refractivity contribution in [2.75, 3.05) is 0 Å². The summed E-state index contributed by atoms with van der Waals surface area (Å²) in [6.45, 7) is 0. The molecule has 1 aliphatic rings. The fourth-order valence-electron chi connectivity index (χ4n) is 2.43. The van der Waals surface area contributed by atoms with Gasteiger partial charge in [-0.2, -0.15) is 0 Å². The zero-order valence-corrected chi connectivity index (χ0v) is 11.2. The van der Waals surface area contributed by atoms with Crippen molar-refractivity contribution in [3.05, 3.63) is 64.2 Å². The Morgan fingerprint density at radius 1 is 1.05 bits per heavy atom. The number of ether oxygens (including phenoxy) is 1. The number of hydrogen-bond donors (Lipinski definition) is 1. The number of nitrogens with two attached hydrogens (primary N) is 1. The molecule has 2 N–H and O–H groups in total. The molecular weight excluding hydrogens is 284 g/mol. The van der Waals surface area contributed by atoms with Crippen LogP contribution in [-0.4, -0.2) is 0 Å². The van der Waals surface area contributed by atoms with Gasteiger partial charge in [-0.05, 0) is 30.3 Å². The predicted octanol–water partition coefficient (Wildman–Crippen LogP) is 4.14. The van der Waals surface area contributed by atoms with Gasteiger partial charge in [-0.1, -0.05) is 17.7 Å². The van der Waals surface area contributed by atoms with E-state index in [1.165, 1.54) is 24.3 Å². The maximum atomic E-state index is 13.2. The average Bonchev–Trinajstić information content (AvgIpc) is 2.39. The fourth-order valence-corrected chi connectivity index (χ4v) is 2.72. The Hall–Kier alpha value is -1.65. The Bertz CT molecular complexity index is 662. The third-order valence-corrected chi connectivity index (χ3v) is 3.75. The summed E-state index contributed by atoms with van der Waals surface area (Å²) in [4.78, 5) is 0. The van der Waals surface area contributed by atoms with Crippen LogP contribution in [0.25, 0.3) is 0 Å². The molecule has 0 saturated heterocycles. The molecule has 104 valence electrons. The average molecular weight is 296 g/mol. The van der Waals surface area contributed by atoms with Gasteiger partial charge in [0.15, 0.2) is 0 Å². The standard InChI is InChI=1S/C15H12ClF2NO/c16-12-6-9(18)1-3-10(12)15-7-13(19)11-5-8(17)2-4-14(11)20-15/h1-6,13,15H,7,19H2. The minimum Gasteiger partial charge on any atom is -0.485 e. The highest BCUT2D eigenvalue weighted by Crippen LogP contribution is 2.41. The second-order valence-electron chi connectivity index (χ2n) is 4.80. The first-order valence-electron chi connectivity index (χ1n) is 6.21. The van der Waals surface area contributed by atoms with Crippen molar-refractivity contribution in [2.24, 2.45) is 5.73 Å². The van der Waals surface area contributed by atoms with Gasteiger partial charge in [0.25, 0.3) is 0 Å². The van der Waals surface area contributed by atoms with Gasteiger partial charge in [-0.3, -0.25) is 0 Å². The van der Waals surface area contributed by atoms with Gasteiger partial charge in [-0.25, -0.2) is 8.78 Å². The molecule has 0 aromatic heterocycles. The van der Waals surface area contributed by atoms with E-state index in [4.69, 9.17) is 22.1 Å². The zero-order valence-electron chi connectivity index (χ0n) is 10.4. The van der Waals surface area contributed by atoms with E-state index in [1.54, 1.807) is 12.1 Å². The number of benzene rings is 2. The molecular formula is C15H12ClF2NO. The van der Waals surface area contributed by atoms with Crippen LogP contribution in [0.5, 0.6) is 5.75 Å². The number of rotatable bonds is 1. The van der Waals surface area contributed by atoms with Crippen LogP contribution in [0.2, 0.25) is 5.02 Å². The normalized spacial score (nSPS) is 21.2. The van der Waals surface area contributed by atoms with E-state index < -0.39 is 5.82 Å². The van der Waals surface area contributed by atoms with Gasteiger partial charge in [-0.15, -0.1) is 0 Å². The highest BCUT2D eigenvalue weighted by atomic mass is 35.5. The van der Waals surface area contributed by atoms with Gasteiger partial charge in [0.05, 0.1) is 5.02 Å². The molecule has 2 unspecified atom stereocenters. The van der Waals surface area contributed by atoms with Crippen LogP contribution < -0.4 is 10.5 Å². The highest BCUT2D eigenvalue weighted by molar-refractivity contribution is 6.31. The van der Waals surface area contributed by atoms with Gasteiger partial charge >= 0.3 is 0 Å². The van der Waals surface area contributed by atoms with E-state index in [9.17, 15) is 8.78 Å². The van der Waals surface area contributed by atoms with Crippen LogP contribution >= 0.6 is 11.6 Å². The van der Waals surface area contributed by atoms with E-state index in [0.29, 0.717) is 28.3 Å². The summed E-state index contributed by atoms with van der Waals surface area (Å²) in [5, 5.41) is 0.299. The Kier molecular flexibility index (Phi) is 3.36. The summed E-state index contributed by atoms with van der Waals surface area (Å²) >= 11 is 6.04. The zero-order chi connectivity index (χ0) is 14.3. The maximum Gasteiger partial charge on any atom is 0.127 e. The van der Waals surface area contributed by atoms with Gasteiger partial charge < -0.3 is 10.5 Å². The highest BCUT2D eigenvalue weighted by Gasteiger charge is 2.28. The third-order valence-electron chi connectivity index (χ3n) is 3.42. The minimum absolute atomic E-state index is 0.299. The lowest BCUT2D eigenvalue weighted by Crippen LogP contribution is -2.24. The molecule has 3 rings (SSSR count). The van der Waals surface area contributed by atoms with Crippen molar-refractivity contribution < 1.29 is 13.5 Å². The second kappa shape index (κ2) is 5.04. The van der Waals surface area contributed by atoms with Crippen molar-refractivity contribution in [1.29, 1.82) is 0 Å². The van der Waals surface area contributed by atoms with E-state index in [2.05, 4.69) is 0 Å². The molecule has 0 aliphatic carbocycles. The summed E-state index contributed by atoms with van der Waals surface area (Å²) in [6.07, 6.45) is 0.0954. The molecule has 0 spiro atoms. The van der Waals surface area contributed by atoms with Crippen molar-refractivity contribution in [1.82, 2.24) is 0 Å². The first-order valence-corrected chi connectivity index (χ1v) is 6.59. The molecule has 2 aromatic carbocycles. The lowest BCUT2D eigenvalue weighted by Gasteiger charge is -2.31. The molecule has 2 nitrogen and oxygen atoms in total. The Balaban J connectivity index is 1.97. The summed E-state index contributed by atoms with van der Waals surface area (Å²) in [5.74, 6) is -0.210. The van der Waals surface area contributed by atoms with E-state index in [-0.39, 0.29) is 18.0 Å². The topological polar surface area (TPSA) is 35.2 Å². The lowest BCUT2D eigenvalue weighted by atomic mass is 9.93. The van der Waals surface area contributed by atoms with Crippen LogP contribution in [0.4, 0.5) is 8.78 Å². The largest absolute Gasteiger partial charge is 0.485 e. The van der Waals surface area contributed by atoms with E-state index >= 15 is 0 Å². The van der Waals surface area contributed by atoms with Crippen LogP contribution in [0.15, 0.2) is 36.4 Å². The molecule has 2 aromatic rings. The molecule has 20 heavy (non-hydrogen) atoms. The Morgan fingerprint density at radius 3 is 2.50 bits per heavy atom. The molecule has 2 atom stereocenters. The molecule has 0 bridgehead atoms. The molecule has 1 aliphatic heterocycles. The fraction of sp³-hybridized carbons (Fsp3) is 0.200.